The maximum Gasteiger partial charge on any atom is 0.286 e. The summed E-state index contributed by atoms with van der Waals surface area (Å²) in [6.07, 6.45) is 2.82. The van der Waals surface area contributed by atoms with Gasteiger partial charge in [0.2, 0.25) is 0 Å². The van der Waals surface area contributed by atoms with Crippen LogP contribution in [0.15, 0.2) is 16.4 Å². The Bertz CT molecular complexity index is 910. The SMILES string of the molecule is Cc1csc(CCCNC(=O)c2cnc3nc(C)[nH]n3c2=O)n1. The van der Waals surface area contributed by atoms with Gasteiger partial charge >= 0.3 is 0 Å². The van der Waals surface area contributed by atoms with Crippen LogP contribution < -0.4 is 10.9 Å². The smallest absolute Gasteiger partial charge is 0.286 e. The molecule has 0 atom stereocenters. The fraction of sp³-hybridized carbons (Fsp3) is 0.357. The van der Waals surface area contributed by atoms with Crippen LogP contribution in [-0.4, -0.2) is 37.0 Å². The number of amides is 1. The molecule has 3 aromatic rings. The zero-order valence-electron chi connectivity index (χ0n) is 12.8. The average Bonchev–Trinajstić information content (AvgIpc) is 3.09. The van der Waals surface area contributed by atoms with Crippen molar-refractivity contribution in [3.63, 3.8) is 0 Å². The van der Waals surface area contributed by atoms with E-state index in [-0.39, 0.29) is 11.3 Å². The van der Waals surface area contributed by atoms with E-state index in [4.69, 9.17) is 0 Å². The highest BCUT2D eigenvalue weighted by atomic mass is 32.1. The molecule has 0 bridgehead atoms. The summed E-state index contributed by atoms with van der Waals surface area (Å²) in [5, 5.41) is 8.55. The number of hydrogen-bond acceptors (Lipinski definition) is 6. The first-order valence-corrected chi connectivity index (χ1v) is 8.06. The first-order chi connectivity index (χ1) is 11.0. The number of rotatable bonds is 5. The minimum atomic E-state index is -0.455. The molecule has 9 heteroatoms. The van der Waals surface area contributed by atoms with Gasteiger partial charge in [-0.05, 0) is 20.3 Å². The van der Waals surface area contributed by atoms with E-state index < -0.39 is 11.5 Å². The quantitative estimate of drug-likeness (QED) is 0.674. The Morgan fingerprint density at radius 3 is 2.96 bits per heavy atom. The van der Waals surface area contributed by atoms with Crippen molar-refractivity contribution >= 4 is 23.0 Å². The van der Waals surface area contributed by atoms with E-state index in [0.717, 1.165) is 23.5 Å². The van der Waals surface area contributed by atoms with Gasteiger partial charge < -0.3 is 5.32 Å². The summed E-state index contributed by atoms with van der Waals surface area (Å²) in [6, 6.07) is 0. The minimum absolute atomic E-state index is 0.00348. The van der Waals surface area contributed by atoms with Gasteiger partial charge in [-0.15, -0.1) is 11.3 Å². The number of thiazole rings is 1. The molecule has 3 aromatic heterocycles. The van der Waals surface area contributed by atoms with Crippen LogP contribution in [0.25, 0.3) is 5.78 Å². The zero-order chi connectivity index (χ0) is 16.4. The lowest BCUT2D eigenvalue weighted by atomic mass is 10.3. The van der Waals surface area contributed by atoms with E-state index >= 15 is 0 Å². The molecule has 1 amide bonds. The lowest BCUT2D eigenvalue weighted by molar-refractivity contribution is 0.0951. The molecule has 2 N–H and O–H groups in total. The van der Waals surface area contributed by atoms with Crippen LogP contribution in [0.2, 0.25) is 0 Å². The number of nitrogens with one attached hydrogen (secondary N) is 2. The Balaban J connectivity index is 1.62. The number of aryl methyl sites for hydroxylation is 3. The predicted molar refractivity (Wildman–Crippen MR) is 85.8 cm³/mol. The van der Waals surface area contributed by atoms with Gasteiger partial charge in [0.15, 0.2) is 0 Å². The van der Waals surface area contributed by atoms with Crippen molar-refractivity contribution in [2.75, 3.05) is 6.54 Å². The second-order valence-corrected chi connectivity index (χ2v) is 6.11. The molecule has 0 aromatic carbocycles. The van der Waals surface area contributed by atoms with Crippen molar-refractivity contribution in [1.29, 1.82) is 0 Å². The molecular formula is C14H16N6O2S. The van der Waals surface area contributed by atoms with Gasteiger partial charge in [0, 0.05) is 30.2 Å². The van der Waals surface area contributed by atoms with E-state index in [1.807, 2.05) is 12.3 Å². The molecule has 0 aliphatic rings. The van der Waals surface area contributed by atoms with Gasteiger partial charge in [-0.3, -0.25) is 14.7 Å². The van der Waals surface area contributed by atoms with Crippen molar-refractivity contribution in [2.24, 2.45) is 0 Å². The van der Waals surface area contributed by atoms with Crippen molar-refractivity contribution in [3.8, 4) is 0 Å². The molecule has 0 unspecified atom stereocenters. The third kappa shape index (κ3) is 3.29. The van der Waals surface area contributed by atoms with Crippen LogP contribution >= 0.6 is 11.3 Å². The molecule has 0 saturated heterocycles. The highest BCUT2D eigenvalue weighted by Gasteiger charge is 2.14. The third-order valence-electron chi connectivity index (χ3n) is 3.25. The summed E-state index contributed by atoms with van der Waals surface area (Å²) in [6.45, 7) is 4.14. The zero-order valence-corrected chi connectivity index (χ0v) is 13.6. The summed E-state index contributed by atoms with van der Waals surface area (Å²) < 4.78 is 1.17. The van der Waals surface area contributed by atoms with E-state index in [1.165, 1.54) is 10.7 Å². The summed E-state index contributed by atoms with van der Waals surface area (Å²) in [7, 11) is 0. The number of carbonyl (C=O) groups is 1. The van der Waals surface area contributed by atoms with Crippen LogP contribution in [0, 0.1) is 13.8 Å². The number of aromatic amines is 1. The predicted octanol–water partition coefficient (Wildman–Crippen LogP) is 0.854. The Labute approximate surface area is 135 Å². The number of hydrogen-bond donors (Lipinski definition) is 2. The van der Waals surface area contributed by atoms with E-state index in [1.54, 1.807) is 18.3 Å². The van der Waals surface area contributed by atoms with Crippen LogP contribution in [-0.2, 0) is 6.42 Å². The molecule has 8 nitrogen and oxygen atoms in total. The van der Waals surface area contributed by atoms with E-state index in [9.17, 15) is 9.59 Å². The molecule has 3 heterocycles. The second-order valence-electron chi connectivity index (χ2n) is 5.16. The van der Waals surface area contributed by atoms with Gasteiger partial charge in [-0.2, -0.15) is 9.50 Å². The minimum Gasteiger partial charge on any atom is -0.352 e. The van der Waals surface area contributed by atoms with Crippen LogP contribution in [0.4, 0.5) is 0 Å². The van der Waals surface area contributed by atoms with Crippen molar-refractivity contribution in [2.45, 2.75) is 26.7 Å². The third-order valence-corrected chi connectivity index (χ3v) is 4.27. The fourth-order valence-electron chi connectivity index (χ4n) is 2.17. The number of fused-ring (bicyclic) bond motifs is 1. The van der Waals surface area contributed by atoms with Crippen LogP contribution in [0.5, 0.6) is 0 Å². The van der Waals surface area contributed by atoms with Crippen LogP contribution in [0.1, 0.15) is 33.3 Å². The lowest BCUT2D eigenvalue weighted by Crippen LogP contribution is -2.32. The average molecular weight is 332 g/mol. The topological polar surface area (TPSA) is 105 Å². The van der Waals surface area contributed by atoms with Gasteiger partial charge in [0.1, 0.15) is 11.4 Å². The molecular weight excluding hydrogens is 316 g/mol. The number of nitrogens with zero attached hydrogens (tertiary/aromatic N) is 4. The molecule has 0 aliphatic carbocycles. The largest absolute Gasteiger partial charge is 0.352 e. The van der Waals surface area contributed by atoms with E-state index in [0.29, 0.717) is 12.4 Å². The highest BCUT2D eigenvalue weighted by Crippen LogP contribution is 2.10. The first kappa shape index (κ1) is 15.3. The fourth-order valence-corrected chi connectivity index (χ4v) is 2.99. The monoisotopic (exact) mass is 332 g/mol. The molecule has 120 valence electrons. The molecule has 0 fully saturated rings. The molecule has 3 rings (SSSR count). The lowest BCUT2D eigenvalue weighted by Gasteiger charge is -2.03. The van der Waals surface area contributed by atoms with Gasteiger partial charge in [0.05, 0.1) is 5.01 Å². The van der Waals surface area contributed by atoms with Gasteiger partial charge in [-0.25, -0.2) is 9.97 Å². The number of aromatic nitrogens is 5. The molecule has 0 aliphatic heterocycles. The normalized spacial score (nSPS) is 11.0. The highest BCUT2D eigenvalue weighted by molar-refractivity contribution is 7.09. The summed E-state index contributed by atoms with van der Waals surface area (Å²) >= 11 is 1.61. The maximum absolute atomic E-state index is 12.2. The van der Waals surface area contributed by atoms with Gasteiger partial charge in [0.25, 0.3) is 17.2 Å². The molecule has 0 saturated carbocycles. The maximum atomic E-state index is 12.2. The van der Waals surface area contributed by atoms with Gasteiger partial charge in [-0.1, -0.05) is 0 Å². The molecule has 0 radical (unpaired) electrons. The Morgan fingerprint density at radius 2 is 2.22 bits per heavy atom. The van der Waals surface area contributed by atoms with Crippen molar-refractivity contribution in [3.05, 3.63) is 44.0 Å². The van der Waals surface area contributed by atoms with Crippen molar-refractivity contribution in [1.82, 2.24) is 29.9 Å². The molecule has 23 heavy (non-hydrogen) atoms. The number of carbonyl (C=O) groups excluding carboxylic acids is 1. The number of H-pyrrole nitrogens is 1. The Kier molecular flexibility index (Phi) is 4.20. The van der Waals surface area contributed by atoms with Crippen LogP contribution in [0.3, 0.4) is 0 Å². The Hall–Kier alpha value is -2.55. The first-order valence-electron chi connectivity index (χ1n) is 7.18. The Morgan fingerprint density at radius 1 is 1.39 bits per heavy atom. The summed E-state index contributed by atoms with van der Waals surface area (Å²) in [4.78, 5) is 36.8. The van der Waals surface area contributed by atoms with Crippen molar-refractivity contribution < 1.29 is 4.79 Å². The second kappa shape index (κ2) is 6.29. The van der Waals surface area contributed by atoms with E-state index in [2.05, 4.69) is 25.4 Å². The summed E-state index contributed by atoms with van der Waals surface area (Å²) in [5.41, 5.74) is 0.552. The summed E-state index contributed by atoms with van der Waals surface area (Å²) in [5.74, 6) is 0.383. The standard InChI is InChI=1S/C14H16N6O2S/c1-8-7-23-11(17-8)4-3-5-15-12(21)10-6-16-14-18-9(2)19-20(14)13(10)22/h6-7H,3-5H2,1-2H3,(H,15,21)(H,16,18,19). The molecule has 0 spiro atoms.